The van der Waals surface area contributed by atoms with Crippen molar-refractivity contribution in [2.24, 2.45) is 0 Å². The summed E-state index contributed by atoms with van der Waals surface area (Å²) in [5.74, 6) is 0. The summed E-state index contributed by atoms with van der Waals surface area (Å²) < 4.78 is 6.25. The largest absolute Gasteiger partial charge is 0.373 e. The average molecular weight is 262 g/mol. The van der Waals surface area contributed by atoms with Crippen molar-refractivity contribution in [3.05, 3.63) is 30.1 Å². The lowest BCUT2D eigenvalue weighted by molar-refractivity contribution is -0.0910. The Hall–Kier alpha value is -0.930. The fraction of sp³-hybridized carbons (Fsp3) is 0.688. The topological polar surface area (TPSA) is 34.2 Å². The number of likely N-dealkylation sites (N-methyl/N-ethyl adjacent to an activating group) is 1. The summed E-state index contributed by atoms with van der Waals surface area (Å²) >= 11 is 0. The van der Waals surface area contributed by atoms with Gasteiger partial charge < -0.3 is 10.1 Å². The van der Waals surface area contributed by atoms with Gasteiger partial charge in [-0.05, 0) is 37.9 Å². The summed E-state index contributed by atoms with van der Waals surface area (Å²) in [7, 11) is 0. The van der Waals surface area contributed by atoms with Gasteiger partial charge in [0.05, 0.1) is 11.6 Å². The van der Waals surface area contributed by atoms with Crippen molar-refractivity contribution in [2.75, 3.05) is 13.2 Å². The van der Waals surface area contributed by atoms with E-state index in [1.807, 2.05) is 18.5 Å². The van der Waals surface area contributed by atoms with Crippen LogP contribution in [-0.4, -0.2) is 23.7 Å². The van der Waals surface area contributed by atoms with Crippen molar-refractivity contribution in [2.45, 2.75) is 57.6 Å². The maximum absolute atomic E-state index is 6.25. The molecule has 0 spiro atoms. The molecule has 3 heteroatoms. The van der Waals surface area contributed by atoms with E-state index >= 15 is 0 Å². The molecule has 1 unspecified atom stereocenters. The Morgan fingerprint density at radius 1 is 1.32 bits per heavy atom. The van der Waals surface area contributed by atoms with E-state index in [2.05, 4.69) is 30.2 Å². The standard InChI is InChI=1S/C16H26N2O/c1-3-18-15(14-9-8-12-17-13-14)16(19-4-2)10-6-5-7-11-16/h8-9,12-13,15,18H,3-7,10-11H2,1-2H3. The molecule has 2 rings (SSSR count). The number of hydrogen-bond donors (Lipinski definition) is 1. The van der Waals surface area contributed by atoms with Crippen molar-refractivity contribution in [3.63, 3.8) is 0 Å². The minimum Gasteiger partial charge on any atom is -0.373 e. The van der Waals surface area contributed by atoms with Crippen molar-refractivity contribution >= 4 is 0 Å². The molecule has 0 aromatic carbocycles. The molecule has 1 saturated carbocycles. The van der Waals surface area contributed by atoms with E-state index in [0.29, 0.717) is 0 Å². The van der Waals surface area contributed by atoms with Gasteiger partial charge in [-0.1, -0.05) is 32.3 Å². The second kappa shape index (κ2) is 7.01. The zero-order chi connectivity index (χ0) is 13.6. The van der Waals surface area contributed by atoms with E-state index in [4.69, 9.17) is 4.74 Å². The molecule has 3 nitrogen and oxygen atoms in total. The Labute approximate surface area is 116 Å². The van der Waals surface area contributed by atoms with Crippen LogP contribution >= 0.6 is 0 Å². The molecule has 0 amide bonds. The van der Waals surface area contributed by atoms with Crippen LogP contribution in [0.4, 0.5) is 0 Å². The van der Waals surface area contributed by atoms with Crippen LogP contribution in [0.25, 0.3) is 0 Å². The first-order valence-electron chi connectivity index (χ1n) is 7.59. The summed E-state index contributed by atoms with van der Waals surface area (Å²) in [4.78, 5) is 4.28. The number of nitrogens with one attached hydrogen (secondary N) is 1. The Bertz CT molecular complexity index is 355. The number of hydrogen-bond acceptors (Lipinski definition) is 3. The molecule has 1 heterocycles. The van der Waals surface area contributed by atoms with Crippen LogP contribution in [0.15, 0.2) is 24.5 Å². The molecular formula is C16H26N2O. The number of ether oxygens (including phenoxy) is 1. The van der Waals surface area contributed by atoms with Gasteiger partial charge in [0.2, 0.25) is 0 Å². The van der Waals surface area contributed by atoms with Crippen LogP contribution in [0.3, 0.4) is 0 Å². The van der Waals surface area contributed by atoms with E-state index in [9.17, 15) is 0 Å². The maximum Gasteiger partial charge on any atom is 0.0876 e. The van der Waals surface area contributed by atoms with Crippen molar-refractivity contribution in [1.29, 1.82) is 0 Å². The summed E-state index contributed by atoms with van der Waals surface area (Å²) in [5, 5.41) is 3.63. The molecule has 0 bridgehead atoms. The lowest BCUT2D eigenvalue weighted by atomic mass is 9.77. The summed E-state index contributed by atoms with van der Waals surface area (Å²) in [6.45, 7) is 5.99. The molecule has 1 aromatic rings. The van der Waals surface area contributed by atoms with Crippen LogP contribution in [-0.2, 0) is 4.74 Å². The maximum atomic E-state index is 6.25. The van der Waals surface area contributed by atoms with Crippen molar-refractivity contribution in [1.82, 2.24) is 10.3 Å². The third kappa shape index (κ3) is 3.34. The van der Waals surface area contributed by atoms with E-state index in [-0.39, 0.29) is 11.6 Å². The van der Waals surface area contributed by atoms with Crippen LogP contribution in [0.1, 0.15) is 57.6 Å². The molecule has 1 aliphatic rings. The normalized spacial score (nSPS) is 20.1. The first kappa shape index (κ1) is 14.5. The average Bonchev–Trinajstić information content (AvgIpc) is 2.47. The van der Waals surface area contributed by atoms with Crippen LogP contribution < -0.4 is 5.32 Å². The SMILES string of the molecule is CCNC(c1cccnc1)C1(OCC)CCCCC1. The Balaban J connectivity index is 2.28. The van der Waals surface area contributed by atoms with Gasteiger partial charge in [-0.15, -0.1) is 0 Å². The predicted molar refractivity (Wildman–Crippen MR) is 78.1 cm³/mol. The minimum atomic E-state index is -0.0496. The van der Waals surface area contributed by atoms with Gasteiger partial charge in [0, 0.05) is 19.0 Å². The monoisotopic (exact) mass is 262 g/mol. The smallest absolute Gasteiger partial charge is 0.0876 e. The second-order valence-corrected chi connectivity index (χ2v) is 5.34. The lowest BCUT2D eigenvalue weighted by Gasteiger charge is -2.43. The Kier molecular flexibility index (Phi) is 5.34. The van der Waals surface area contributed by atoms with Crippen LogP contribution in [0, 0.1) is 0 Å². The summed E-state index contributed by atoms with van der Waals surface area (Å²) in [5.41, 5.74) is 1.20. The molecule has 1 aliphatic carbocycles. The molecule has 106 valence electrons. The molecule has 0 aliphatic heterocycles. The molecule has 0 saturated heterocycles. The van der Waals surface area contributed by atoms with E-state index in [1.54, 1.807) is 0 Å². The predicted octanol–water partition coefficient (Wildman–Crippen LogP) is 3.47. The summed E-state index contributed by atoms with van der Waals surface area (Å²) in [6, 6.07) is 4.43. The van der Waals surface area contributed by atoms with Gasteiger partial charge in [-0.25, -0.2) is 0 Å². The third-order valence-electron chi connectivity index (χ3n) is 4.08. The number of nitrogens with zero attached hydrogens (tertiary/aromatic N) is 1. The molecule has 1 fully saturated rings. The quantitative estimate of drug-likeness (QED) is 0.852. The first-order valence-corrected chi connectivity index (χ1v) is 7.59. The number of rotatable bonds is 6. The molecule has 0 radical (unpaired) electrons. The molecule has 1 N–H and O–H groups in total. The fourth-order valence-electron chi connectivity index (χ4n) is 3.31. The lowest BCUT2D eigenvalue weighted by Crippen LogP contribution is -2.47. The highest BCUT2D eigenvalue weighted by atomic mass is 16.5. The highest BCUT2D eigenvalue weighted by Gasteiger charge is 2.41. The highest BCUT2D eigenvalue weighted by Crippen LogP contribution is 2.41. The van der Waals surface area contributed by atoms with Gasteiger partial charge in [0.1, 0.15) is 0 Å². The second-order valence-electron chi connectivity index (χ2n) is 5.34. The highest BCUT2D eigenvalue weighted by molar-refractivity contribution is 5.19. The van der Waals surface area contributed by atoms with Gasteiger partial charge in [-0.3, -0.25) is 4.98 Å². The van der Waals surface area contributed by atoms with E-state index < -0.39 is 0 Å². The molecule has 19 heavy (non-hydrogen) atoms. The number of pyridine rings is 1. The van der Waals surface area contributed by atoms with Crippen molar-refractivity contribution < 1.29 is 4.74 Å². The van der Waals surface area contributed by atoms with E-state index in [0.717, 1.165) is 26.0 Å². The molecular weight excluding hydrogens is 236 g/mol. The Morgan fingerprint density at radius 2 is 2.11 bits per heavy atom. The molecule has 1 atom stereocenters. The van der Waals surface area contributed by atoms with Gasteiger partial charge in [0.25, 0.3) is 0 Å². The van der Waals surface area contributed by atoms with Gasteiger partial charge >= 0.3 is 0 Å². The zero-order valence-electron chi connectivity index (χ0n) is 12.2. The zero-order valence-corrected chi connectivity index (χ0v) is 12.2. The fourth-order valence-corrected chi connectivity index (χ4v) is 3.31. The number of aromatic nitrogens is 1. The molecule has 1 aromatic heterocycles. The van der Waals surface area contributed by atoms with Crippen LogP contribution in [0.2, 0.25) is 0 Å². The Morgan fingerprint density at radius 3 is 2.68 bits per heavy atom. The first-order chi connectivity index (χ1) is 9.32. The van der Waals surface area contributed by atoms with Gasteiger partial charge in [-0.2, -0.15) is 0 Å². The van der Waals surface area contributed by atoms with Crippen molar-refractivity contribution in [3.8, 4) is 0 Å². The minimum absolute atomic E-state index is 0.0496. The van der Waals surface area contributed by atoms with Gasteiger partial charge in [0.15, 0.2) is 0 Å². The van der Waals surface area contributed by atoms with E-state index in [1.165, 1.54) is 24.8 Å². The summed E-state index contributed by atoms with van der Waals surface area (Å²) in [6.07, 6.45) is 9.97. The third-order valence-corrected chi connectivity index (χ3v) is 4.08. The van der Waals surface area contributed by atoms with Crippen LogP contribution in [0.5, 0.6) is 0 Å².